The average molecular weight is 235 g/mol. The summed E-state index contributed by atoms with van der Waals surface area (Å²) in [6.45, 7) is 2.02. The number of nitrogens with two attached hydrogens (primary N) is 1. The summed E-state index contributed by atoms with van der Waals surface area (Å²) in [4.78, 5) is 15.8. The van der Waals surface area contributed by atoms with Crippen LogP contribution in [0, 0.1) is 6.92 Å². The predicted molar refractivity (Wildman–Crippen MR) is 59.9 cm³/mol. The van der Waals surface area contributed by atoms with E-state index in [1.165, 1.54) is 11.0 Å². The highest BCUT2D eigenvalue weighted by Crippen LogP contribution is 2.14. The quantitative estimate of drug-likeness (QED) is 0.654. The largest absolute Gasteiger partial charge is 0.395 e. The minimum Gasteiger partial charge on any atom is -0.395 e. The molecular weight excluding hydrogens is 222 g/mol. The molecule has 2 heterocycles. The lowest BCUT2D eigenvalue weighted by molar-refractivity contribution is 0.0941. The van der Waals surface area contributed by atoms with Crippen molar-refractivity contribution in [2.45, 2.75) is 13.5 Å². The Balaban J connectivity index is 2.10. The molecule has 0 unspecified atom stereocenters. The second-order valence-electron chi connectivity index (χ2n) is 3.59. The number of rotatable bonds is 3. The molecule has 0 aliphatic rings. The lowest BCUT2D eigenvalue weighted by Gasteiger charge is -2.04. The number of H-pyrrole nitrogens is 1. The fourth-order valence-corrected chi connectivity index (χ4v) is 1.51. The summed E-state index contributed by atoms with van der Waals surface area (Å²) in [5.41, 5.74) is 7.15. The van der Waals surface area contributed by atoms with Gasteiger partial charge >= 0.3 is 0 Å². The van der Waals surface area contributed by atoms with Gasteiger partial charge in [-0.3, -0.25) is 14.6 Å². The molecule has 1 amide bonds. The minimum absolute atomic E-state index is 0.266. The Morgan fingerprint density at radius 2 is 2.41 bits per heavy atom. The molecule has 17 heavy (non-hydrogen) atoms. The van der Waals surface area contributed by atoms with Crippen LogP contribution in [0.3, 0.4) is 0 Å². The van der Waals surface area contributed by atoms with E-state index in [2.05, 4.69) is 25.6 Å². The van der Waals surface area contributed by atoms with Gasteiger partial charge in [0.15, 0.2) is 0 Å². The van der Waals surface area contributed by atoms with E-state index in [0.717, 1.165) is 0 Å². The standard InChI is InChI=1S/C9H13N7O/c1-5-7(10)8(16(2)15-5)9(17)11-3-6-12-4-13-14-6/h4H,3,10H2,1-2H3,(H,11,17)(H,12,13,14). The molecular formula is C9H13N7O. The Morgan fingerprint density at radius 3 is 2.94 bits per heavy atom. The van der Waals surface area contributed by atoms with Crippen LogP contribution in [-0.2, 0) is 13.6 Å². The number of nitrogens with zero attached hydrogens (tertiary/aromatic N) is 4. The van der Waals surface area contributed by atoms with Crippen LogP contribution in [0.1, 0.15) is 22.0 Å². The predicted octanol–water partition coefficient (Wildman–Crippen LogP) is -0.641. The number of hydrogen-bond donors (Lipinski definition) is 3. The minimum atomic E-state index is -0.290. The molecule has 0 aliphatic heterocycles. The Bertz CT molecular complexity index is 528. The lowest BCUT2D eigenvalue weighted by atomic mass is 10.3. The fourth-order valence-electron chi connectivity index (χ4n) is 1.51. The van der Waals surface area contributed by atoms with Crippen molar-refractivity contribution in [3.63, 3.8) is 0 Å². The van der Waals surface area contributed by atoms with Crippen LogP contribution in [0.25, 0.3) is 0 Å². The Morgan fingerprint density at radius 1 is 1.65 bits per heavy atom. The number of amides is 1. The second-order valence-corrected chi connectivity index (χ2v) is 3.59. The van der Waals surface area contributed by atoms with Crippen molar-refractivity contribution in [3.05, 3.63) is 23.5 Å². The Kier molecular flexibility index (Phi) is 2.77. The number of nitrogen functional groups attached to an aromatic ring is 1. The first-order chi connectivity index (χ1) is 8.09. The fraction of sp³-hybridized carbons (Fsp3) is 0.333. The van der Waals surface area contributed by atoms with E-state index in [4.69, 9.17) is 5.73 Å². The summed E-state index contributed by atoms with van der Waals surface area (Å²) < 4.78 is 1.46. The number of nitrogens with one attached hydrogen (secondary N) is 2. The molecule has 0 spiro atoms. The van der Waals surface area contributed by atoms with Gasteiger partial charge in [-0.05, 0) is 6.92 Å². The third kappa shape index (κ3) is 2.10. The second kappa shape index (κ2) is 4.24. The number of aromatic nitrogens is 5. The average Bonchev–Trinajstić information content (AvgIpc) is 2.86. The highest BCUT2D eigenvalue weighted by atomic mass is 16.2. The SMILES string of the molecule is Cc1nn(C)c(C(=O)NCc2ncn[nH]2)c1N. The summed E-state index contributed by atoms with van der Waals surface area (Å²) in [5, 5.41) is 13.1. The Hall–Kier alpha value is -2.38. The molecule has 0 saturated heterocycles. The summed E-state index contributed by atoms with van der Waals surface area (Å²) in [5.74, 6) is 0.290. The molecule has 0 saturated carbocycles. The van der Waals surface area contributed by atoms with Gasteiger partial charge in [0, 0.05) is 7.05 Å². The van der Waals surface area contributed by atoms with Gasteiger partial charge in [0.1, 0.15) is 17.8 Å². The summed E-state index contributed by atoms with van der Waals surface area (Å²) >= 11 is 0. The first kappa shape index (κ1) is 11.1. The van der Waals surface area contributed by atoms with Crippen LogP contribution < -0.4 is 11.1 Å². The highest BCUT2D eigenvalue weighted by molar-refractivity contribution is 5.97. The normalized spacial score (nSPS) is 10.5. The molecule has 0 atom stereocenters. The van der Waals surface area contributed by atoms with Crippen LogP contribution in [0.5, 0.6) is 0 Å². The summed E-state index contributed by atoms with van der Waals surface area (Å²) in [7, 11) is 1.67. The molecule has 0 fully saturated rings. The first-order valence-corrected chi connectivity index (χ1v) is 5.01. The third-order valence-electron chi connectivity index (χ3n) is 2.36. The number of carbonyl (C=O) groups is 1. The summed E-state index contributed by atoms with van der Waals surface area (Å²) in [6.07, 6.45) is 1.38. The molecule has 0 aromatic carbocycles. The van der Waals surface area contributed by atoms with E-state index in [1.807, 2.05) is 0 Å². The van der Waals surface area contributed by atoms with Gasteiger partial charge in [0.2, 0.25) is 0 Å². The maximum Gasteiger partial charge on any atom is 0.272 e. The van der Waals surface area contributed by atoms with E-state index in [9.17, 15) is 4.79 Å². The maximum absolute atomic E-state index is 11.9. The van der Waals surface area contributed by atoms with E-state index < -0.39 is 0 Å². The molecule has 8 heteroatoms. The monoisotopic (exact) mass is 235 g/mol. The van der Waals surface area contributed by atoms with Crippen molar-refractivity contribution >= 4 is 11.6 Å². The molecule has 0 radical (unpaired) electrons. The van der Waals surface area contributed by atoms with Crippen molar-refractivity contribution in [2.24, 2.45) is 7.05 Å². The van der Waals surface area contributed by atoms with Gasteiger partial charge in [-0.25, -0.2) is 4.98 Å². The molecule has 2 rings (SSSR count). The molecule has 0 aliphatic carbocycles. The molecule has 4 N–H and O–H groups in total. The molecule has 2 aromatic heterocycles. The van der Waals surface area contributed by atoms with Gasteiger partial charge in [-0.2, -0.15) is 10.2 Å². The van der Waals surface area contributed by atoms with Crippen LogP contribution in [0.2, 0.25) is 0 Å². The van der Waals surface area contributed by atoms with Crippen molar-refractivity contribution in [3.8, 4) is 0 Å². The van der Waals surface area contributed by atoms with Gasteiger partial charge in [0.05, 0.1) is 17.9 Å². The topological polar surface area (TPSA) is 115 Å². The number of anilines is 1. The van der Waals surface area contributed by atoms with Crippen LogP contribution in [0.15, 0.2) is 6.33 Å². The van der Waals surface area contributed by atoms with Gasteiger partial charge in [0.25, 0.3) is 5.91 Å². The molecule has 0 bridgehead atoms. The third-order valence-corrected chi connectivity index (χ3v) is 2.36. The zero-order valence-corrected chi connectivity index (χ0v) is 9.56. The lowest BCUT2D eigenvalue weighted by Crippen LogP contribution is -2.26. The van der Waals surface area contributed by atoms with Crippen LogP contribution in [0.4, 0.5) is 5.69 Å². The number of aryl methyl sites for hydroxylation is 2. The van der Waals surface area contributed by atoms with Gasteiger partial charge in [-0.1, -0.05) is 0 Å². The van der Waals surface area contributed by atoms with Crippen molar-refractivity contribution in [2.75, 3.05) is 5.73 Å². The first-order valence-electron chi connectivity index (χ1n) is 5.01. The summed E-state index contributed by atoms with van der Waals surface area (Å²) in [6, 6.07) is 0. The van der Waals surface area contributed by atoms with E-state index in [-0.39, 0.29) is 12.5 Å². The number of carbonyl (C=O) groups excluding carboxylic acids is 1. The van der Waals surface area contributed by atoms with Crippen LogP contribution in [-0.4, -0.2) is 30.9 Å². The van der Waals surface area contributed by atoms with E-state index >= 15 is 0 Å². The number of hydrogen-bond acceptors (Lipinski definition) is 5. The zero-order valence-electron chi connectivity index (χ0n) is 9.56. The molecule has 90 valence electrons. The Labute approximate surface area is 97.2 Å². The van der Waals surface area contributed by atoms with E-state index in [0.29, 0.717) is 22.9 Å². The molecule has 2 aromatic rings. The van der Waals surface area contributed by atoms with Gasteiger partial charge < -0.3 is 11.1 Å². The maximum atomic E-state index is 11.9. The number of aromatic amines is 1. The van der Waals surface area contributed by atoms with Crippen molar-refractivity contribution < 1.29 is 4.79 Å². The van der Waals surface area contributed by atoms with Crippen LogP contribution >= 0.6 is 0 Å². The smallest absolute Gasteiger partial charge is 0.272 e. The highest BCUT2D eigenvalue weighted by Gasteiger charge is 2.17. The van der Waals surface area contributed by atoms with Crippen molar-refractivity contribution in [1.29, 1.82) is 0 Å². The zero-order chi connectivity index (χ0) is 12.4. The van der Waals surface area contributed by atoms with Gasteiger partial charge in [-0.15, -0.1) is 0 Å². The molecule has 8 nitrogen and oxygen atoms in total. The van der Waals surface area contributed by atoms with E-state index in [1.54, 1.807) is 14.0 Å². The van der Waals surface area contributed by atoms with Crippen molar-refractivity contribution in [1.82, 2.24) is 30.3 Å².